The summed E-state index contributed by atoms with van der Waals surface area (Å²) < 4.78 is 9.42. The summed E-state index contributed by atoms with van der Waals surface area (Å²) in [6.07, 6.45) is 0. The molecule has 0 spiro atoms. The number of furan rings is 1. The van der Waals surface area contributed by atoms with Gasteiger partial charge in [-0.1, -0.05) is 158 Å². The first-order valence-corrected chi connectivity index (χ1v) is 21.3. The minimum absolute atomic E-state index is 0.659. The highest BCUT2D eigenvalue weighted by Crippen LogP contribution is 2.47. The van der Waals surface area contributed by atoms with Crippen LogP contribution in [-0.2, 0) is 0 Å². The number of benzene rings is 9. The van der Waals surface area contributed by atoms with Crippen LogP contribution in [0.3, 0.4) is 0 Å². The monoisotopic (exact) mass is 804 g/mol. The van der Waals surface area contributed by atoms with Crippen LogP contribution < -0.4 is 0 Å². The zero-order valence-electron chi connectivity index (χ0n) is 34.0. The van der Waals surface area contributed by atoms with E-state index < -0.39 is 0 Å². The maximum atomic E-state index is 6.98. The molecule has 294 valence electrons. The topological polar surface area (TPSA) is 59.6 Å². The molecule has 13 rings (SSSR count). The number of nitrogens with one attached hydrogen (secondary N) is 1. The molecule has 0 aliphatic heterocycles. The Bertz CT molecular complexity index is 3770. The molecule has 13 aromatic rings. The van der Waals surface area contributed by atoms with Crippen LogP contribution in [0.1, 0.15) is 0 Å². The number of aromatic amines is 1. The van der Waals surface area contributed by atoms with Gasteiger partial charge in [0.2, 0.25) is 0 Å². The van der Waals surface area contributed by atoms with Gasteiger partial charge < -0.3 is 14.0 Å². The lowest BCUT2D eigenvalue weighted by atomic mass is 9.92. The van der Waals surface area contributed by atoms with Gasteiger partial charge in [-0.3, -0.25) is 0 Å². The van der Waals surface area contributed by atoms with Crippen molar-refractivity contribution >= 4 is 65.6 Å². The fourth-order valence-corrected chi connectivity index (χ4v) is 9.64. The quantitative estimate of drug-likeness (QED) is 0.182. The normalized spacial score (nSPS) is 11.8. The van der Waals surface area contributed by atoms with Crippen LogP contribution in [0.25, 0.3) is 127 Å². The summed E-state index contributed by atoms with van der Waals surface area (Å²) in [4.78, 5) is 14.2. The summed E-state index contributed by atoms with van der Waals surface area (Å²) in [7, 11) is 0. The van der Waals surface area contributed by atoms with Gasteiger partial charge in [0.25, 0.3) is 0 Å². The van der Waals surface area contributed by atoms with Crippen LogP contribution >= 0.6 is 0 Å². The standard InChI is InChI=1S/C58H36N4O/c1-5-17-36(18-6-1)44-31-40(58-60-49(38-21-9-3-10-22-38)34-50(61-58)39-23-11-4-12-24-39)32-45(37-19-7-2-8-20-37)56(44)62-52-28-16-14-26-43(52)55-53(62)30-29-42-47-33-46-41-25-13-15-27-48(41)59-51(46)35-54(47)63-57(42)55/h1-35,59H. The first-order chi connectivity index (χ1) is 31.2. The SMILES string of the molecule is c1ccc(-c2cc(-c3ccccc3)nc(-c3cc(-c4ccccc4)c(-n4c5ccccc5c5c6oc7cc8[nH]c9ccccc9c8cc7c6ccc54)c(-c4ccccc4)c3)n2)cc1. The molecule has 63 heavy (non-hydrogen) atoms. The predicted octanol–water partition coefficient (Wildman–Crippen LogP) is 15.4. The fourth-order valence-electron chi connectivity index (χ4n) is 9.64. The van der Waals surface area contributed by atoms with E-state index in [0.29, 0.717) is 5.82 Å². The Morgan fingerprint density at radius 1 is 0.381 bits per heavy atom. The van der Waals surface area contributed by atoms with Crippen molar-refractivity contribution in [3.05, 3.63) is 212 Å². The third-order valence-corrected chi connectivity index (χ3v) is 12.5. The smallest absolute Gasteiger partial charge is 0.160 e. The van der Waals surface area contributed by atoms with Crippen LogP contribution in [0.4, 0.5) is 0 Å². The van der Waals surface area contributed by atoms with E-state index in [1.165, 1.54) is 10.8 Å². The summed E-state index contributed by atoms with van der Waals surface area (Å²) in [6.45, 7) is 0. The van der Waals surface area contributed by atoms with Gasteiger partial charge in [-0.25, -0.2) is 9.97 Å². The highest BCUT2D eigenvalue weighted by Gasteiger charge is 2.25. The van der Waals surface area contributed by atoms with Gasteiger partial charge in [0.05, 0.1) is 39.0 Å². The fraction of sp³-hybridized carbons (Fsp3) is 0. The molecule has 9 aromatic carbocycles. The van der Waals surface area contributed by atoms with Crippen LogP contribution in [0.5, 0.6) is 0 Å². The number of aromatic nitrogens is 4. The molecule has 0 unspecified atom stereocenters. The van der Waals surface area contributed by atoms with E-state index in [9.17, 15) is 0 Å². The Kier molecular flexibility index (Phi) is 7.84. The van der Waals surface area contributed by atoms with E-state index in [-0.39, 0.29) is 0 Å². The second-order valence-corrected chi connectivity index (χ2v) is 16.2. The number of hydrogen-bond acceptors (Lipinski definition) is 3. The molecular weight excluding hydrogens is 769 g/mol. The molecule has 0 aliphatic carbocycles. The Morgan fingerprint density at radius 3 is 1.57 bits per heavy atom. The molecule has 0 atom stereocenters. The zero-order chi connectivity index (χ0) is 41.4. The lowest BCUT2D eigenvalue weighted by Crippen LogP contribution is -2.03. The lowest BCUT2D eigenvalue weighted by Gasteiger charge is -2.21. The molecule has 0 bridgehead atoms. The maximum absolute atomic E-state index is 6.98. The largest absolute Gasteiger partial charge is 0.455 e. The summed E-state index contributed by atoms with van der Waals surface area (Å²) in [5.41, 5.74) is 16.2. The average Bonchev–Trinajstić information content (AvgIpc) is 4.02. The second kappa shape index (κ2) is 14.0. The molecule has 4 aromatic heterocycles. The van der Waals surface area contributed by atoms with E-state index >= 15 is 0 Å². The summed E-state index contributed by atoms with van der Waals surface area (Å²) >= 11 is 0. The minimum atomic E-state index is 0.659. The van der Waals surface area contributed by atoms with Crippen LogP contribution in [0.15, 0.2) is 217 Å². The van der Waals surface area contributed by atoms with Gasteiger partial charge in [-0.2, -0.15) is 0 Å². The number of rotatable bonds is 6. The van der Waals surface area contributed by atoms with Gasteiger partial charge in [-0.15, -0.1) is 0 Å². The molecule has 0 fully saturated rings. The third kappa shape index (κ3) is 5.64. The Hall–Kier alpha value is -8.54. The number of para-hydroxylation sites is 2. The van der Waals surface area contributed by atoms with Crippen molar-refractivity contribution in [2.45, 2.75) is 0 Å². The van der Waals surface area contributed by atoms with Crippen molar-refractivity contribution in [1.29, 1.82) is 0 Å². The maximum Gasteiger partial charge on any atom is 0.160 e. The first kappa shape index (κ1) is 35.2. The van der Waals surface area contributed by atoms with Crippen LogP contribution in [0.2, 0.25) is 0 Å². The summed E-state index contributed by atoms with van der Waals surface area (Å²) in [5, 5.41) is 6.81. The third-order valence-electron chi connectivity index (χ3n) is 12.5. The van der Waals surface area contributed by atoms with E-state index in [0.717, 1.165) is 111 Å². The first-order valence-electron chi connectivity index (χ1n) is 21.3. The lowest BCUT2D eigenvalue weighted by molar-refractivity contribution is 0.673. The Balaban J connectivity index is 1.12. The molecule has 5 heteroatoms. The van der Waals surface area contributed by atoms with E-state index in [1.807, 2.05) is 12.1 Å². The second-order valence-electron chi connectivity index (χ2n) is 16.2. The van der Waals surface area contributed by atoms with E-state index in [4.69, 9.17) is 14.4 Å². The highest BCUT2D eigenvalue weighted by molar-refractivity contribution is 6.26. The van der Waals surface area contributed by atoms with E-state index in [1.54, 1.807) is 0 Å². The molecule has 0 amide bonds. The average molecular weight is 805 g/mol. The number of hydrogen-bond donors (Lipinski definition) is 1. The number of nitrogens with zero attached hydrogens (tertiary/aromatic N) is 3. The van der Waals surface area contributed by atoms with Gasteiger partial charge in [-0.05, 0) is 59.7 Å². The van der Waals surface area contributed by atoms with Gasteiger partial charge in [0.15, 0.2) is 5.82 Å². The van der Waals surface area contributed by atoms with Crippen molar-refractivity contribution in [2.75, 3.05) is 0 Å². The van der Waals surface area contributed by atoms with Crippen molar-refractivity contribution < 1.29 is 4.42 Å². The van der Waals surface area contributed by atoms with E-state index in [2.05, 4.69) is 210 Å². The van der Waals surface area contributed by atoms with Gasteiger partial charge >= 0.3 is 0 Å². The molecule has 5 nitrogen and oxygen atoms in total. The minimum Gasteiger partial charge on any atom is -0.455 e. The highest BCUT2D eigenvalue weighted by atomic mass is 16.3. The van der Waals surface area contributed by atoms with Gasteiger partial charge in [0, 0.05) is 66.3 Å². The van der Waals surface area contributed by atoms with Crippen molar-refractivity contribution in [2.24, 2.45) is 0 Å². The molecule has 0 saturated heterocycles. The number of fused-ring (bicyclic) bond motifs is 10. The zero-order valence-corrected chi connectivity index (χ0v) is 34.0. The van der Waals surface area contributed by atoms with Crippen molar-refractivity contribution in [3.8, 4) is 61.8 Å². The summed E-state index contributed by atoms with van der Waals surface area (Å²) in [5.74, 6) is 0.659. The molecule has 0 aliphatic rings. The summed E-state index contributed by atoms with van der Waals surface area (Å²) in [6, 6.07) is 75.0. The van der Waals surface area contributed by atoms with Crippen molar-refractivity contribution in [1.82, 2.24) is 19.5 Å². The van der Waals surface area contributed by atoms with Crippen LogP contribution in [-0.4, -0.2) is 19.5 Å². The molecule has 1 N–H and O–H groups in total. The number of H-pyrrole nitrogens is 1. The molecule has 4 heterocycles. The van der Waals surface area contributed by atoms with Gasteiger partial charge in [0.1, 0.15) is 11.2 Å². The Morgan fingerprint density at radius 2 is 0.937 bits per heavy atom. The molecule has 0 radical (unpaired) electrons. The Labute approximate surface area is 362 Å². The molecular formula is C58H36N4O. The predicted molar refractivity (Wildman–Crippen MR) is 260 cm³/mol. The van der Waals surface area contributed by atoms with Crippen molar-refractivity contribution in [3.63, 3.8) is 0 Å². The molecule has 0 saturated carbocycles. The van der Waals surface area contributed by atoms with Crippen LogP contribution in [0, 0.1) is 0 Å².